The largest absolute Gasteiger partial charge is 0.444 e. The van der Waals surface area contributed by atoms with Gasteiger partial charge in [0.2, 0.25) is 0 Å². The van der Waals surface area contributed by atoms with Crippen molar-refractivity contribution in [2.75, 3.05) is 0 Å². The topological polar surface area (TPSA) is 9.23 Å². The van der Waals surface area contributed by atoms with E-state index in [1.165, 1.54) is 18.1 Å². The first kappa shape index (κ1) is 17.9. The summed E-state index contributed by atoms with van der Waals surface area (Å²) in [5.74, 6) is 0. The predicted octanol–water partition coefficient (Wildman–Crippen LogP) is 4.73. The van der Waals surface area contributed by atoms with Crippen molar-refractivity contribution in [2.45, 2.75) is 65.1 Å². The average molecular weight is 299 g/mol. The molecule has 18 heavy (non-hydrogen) atoms. The summed E-state index contributed by atoms with van der Waals surface area (Å²) in [6.45, 7) is 19.6. The van der Waals surface area contributed by atoms with Crippen molar-refractivity contribution in [3.8, 4) is 11.1 Å². The molecule has 0 spiro atoms. The SMILES string of the molecule is C=C[Si](C)(C)O[Si](C)(C)C#C[Si](CC)(CC)CC. The fourth-order valence-electron chi connectivity index (χ4n) is 2.02. The molecule has 104 valence electrons. The molecule has 0 bridgehead atoms. The van der Waals surface area contributed by atoms with Crippen LogP contribution in [0.2, 0.25) is 44.3 Å². The Bertz CT molecular complexity index is 324. The minimum Gasteiger partial charge on any atom is -0.444 e. The highest BCUT2D eigenvalue weighted by atomic mass is 28.4. The Kier molecular flexibility index (Phi) is 6.86. The van der Waals surface area contributed by atoms with Crippen molar-refractivity contribution in [1.29, 1.82) is 0 Å². The summed E-state index contributed by atoms with van der Waals surface area (Å²) < 4.78 is 6.31. The van der Waals surface area contributed by atoms with Gasteiger partial charge in [-0.2, -0.15) is 0 Å². The molecule has 0 unspecified atom stereocenters. The fraction of sp³-hybridized carbons (Fsp3) is 0.714. The highest BCUT2D eigenvalue weighted by Gasteiger charge is 2.31. The standard InChI is InChI=1S/C14H30OSi3/c1-9-16(5,6)15-17(7,8)13-14-18(10-2,11-3)12-4/h9H,1,10-12H2,2-8H3. The Labute approximate surface area is 117 Å². The summed E-state index contributed by atoms with van der Waals surface area (Å²) in [4.78, 5) is 0. The lowest BCUT2D eigenvalue weighted by atomic mass is 10.9. The first-order valence-electron chi connectivity index (χ1n) is 7.04. The van der Waals surface area contributed by atoms with Crippen LogP contribution in [0.4, 0.5) is 0 Å². The van der Waals surface area contributed by atoms with E-state index in [2.05, 4.69) is 64.6 Å². The van der Waals surface area contributed by atoms with Gasteiger partial charge >= 0.3 is 0 Å². The summed E-state index contributed by atoms with van der Waals surface area (Å²) in [6.07, 6.45) is 0. The highest BCUT2D eigenvalue weighted by molar-refractivity contribution is 6.93. The molecule has 0 heterocycles. The lowest BCUT2D eigenvalue weighted by molar-refractivity contribution is 0.574. The van der Waals surface area contributed by atoms with Crippen LogP contribution in [0.25, 0.3) is 0 Å². The Balaban J connectivity index is 5.02. The van der Waals surface area contributed by atoms with Gasteiger partial charge in [0.1, 0.15) is 8.07 Å². The highest BCUT2D eigenvalue weighted by Crippen LogP contribution is 2.20. The average Bonchev–Trinajstić information content (AvgIpc) is 2.30. The Hall–Kier alpha value is -0.0894. The number of rotatable bonds is 6. The molecule has 0 aliphatic rings. The summed E-state index contributed by atoms with van der Waals surface area (Å²) in [5, 5.41) is 0. The summed E-state index contributed by atoms with van der Waals surface area (Å²) in [7, 11) is -4.88. The fourth-order valence-corrected chi connectivity index (χ4v) is 12.1. The van der Waals surface area contributed by atoms with Gasteiger partial charge in [0.15, 0.2) is 8.32 Å². The monoisotopic (exact) mass is 298 g/mol. The molecule has 0 saturated heterocycles. The third kappa shape index (κ3) is 5.70. The van der Waals surface area contributed by atoms with E-state index in [-0.39, 0.29) is 0 Å². The summed E-state index contributed by atoms with van der Waals surface area (Å²) >= 11 is 0. The molecular formula is C14H30OSi3. The van der Waals surface area contributed by atoms with Crippen molar-refractivity contribution >= 4 is 24.7 Å². The zero-order valence-electron chi connectivity index (χ0n) is 13.3. The van der Waals surface area contributed by atoms with Gasteiger partial charge < -0.3 is 4.12 Å². The Morgan fingerprint density at radius 1 is 0.944 bits per heavy atom. The molecule has 0 aromatic heterocycles. The van der Waals surface area contributed by atoms with Crippen LogP contribution >= 0.6 is 0 Å². The molecule has 0 N–H and O–H groups in total. The lowest BCUT2D eigenvalue weighted by Gasteiger charge is -2.28. The molecule has 1 nitrogen and oxygen atoms in total. The van der Waals surface area contributed by atoms with Gasteiger partial charge in [-0.25, -0.2) is 0 Å². The molecule has 0 atom stereocenters. The minimum atomic E-state index is -1.85. The molecule has 0 aliphatic heterocycles. The van der Waals surface area contributed by atoms with Gasteiger partial charge in [0.25, 0.3) is 8.32 Å². The van der Waals surface area contributed by atoms with Crippen LogP contribution in [-0.2, 0) is 4.12 Å². The summed E-state index contributed by atoms with van der Waals surface area (Å²) in [5.41, 5.74) is 9.25. The van der Waals surface area contributed by atoms with Crippen LogP contribution in [0.3, 0.4) is 0 Å². The first-order valence-corrected chi connectivity index (χ1v) is 15.6. The van der Waals surface area contributed by atoms with E-state index in [1.807, 2.05) is 5.70 Å². The van der Waals surface area contributed by atoms with Crippen molar-refractivity contribution in [3.05, 3.63) is 12.3 Å². The number of hydrogen-bond donors (Lipinski definition) is 0. The maximum atomic E-state index is 6.31. The van der Waals surface area contributed by atoms with Crippen molar-refractivity contribution < 1.29 is 4.12 Å². The molecule has 0 aromatic rings. The van der Waals surface area contributed by atoms with Crippen molar-refractivity contribution in [3.63, 3.8) is 0 Å². The van der Waals surface area contributed by atoms with Gasteiger partial charge in [-0.05, 0) is 44.3 Å². The minimum absolute atomic E-state index is 1.26. The van der Waals surface area contributed by atoms with Gasteiger partial charge in [-0.3, -0.25) is 0 Å². The van der Waals surface area contributed by atoms with E-state index >= 15 is 0 Å². The van der Waals surface area contributed by atoms with Crippen LogP contribution in [0.1, 0.15) is 20.8 Å². The van der Waals surface area contributed by atoms with Crippen LogP contribution in [-0.4, -0.2) is 24.7 Å². The van der Waals surface area contributed by atoms with E-state index < -0.39 is 24.7 Å². The maximum Gasteiger partial charge on any atom is 0.255 e. The molecule has 0 radical (unpaired) electrons. The van der Waals surface area contributed by atoms with Gasteiger partial charge in [-0.15, -0.1) is 17.7 Å². The molecule has 0 amide bonds. The third-order valence-corrected chi connectivity index (χ3v) is 14.5. The van der Waals surface area contributed by atoms with Crippen molar-refractivity contribution in [2.24, 2.45) is 0 Å². The smallest absolute Gasteiger partial charge is 0.255 e. The predicted molar refractivity (Wildman–Crippen MR) is 91.2 cm³/mol. The maximum absolute atomic E-state index is 6.31. The second-order valence-electron chi connectivity index (χ2n) is 6.01. The van der Waals surface area contributed by atoms with Gasteiger partial charge in [0.05, 0.1) is 0 Å². The van der Waals surface area contributed by atoms with E-state index in [0.29, 0.717) is 0 Å². The molecule has 0 saturated carbocycles. The molecule has 0 rings (SSSR count). The number of hydrogen-bond acceptors (Lipinski definition) is 1. The van der Waals surface area contributed by atoms with Gasteiger partial charge in [0, 0.05) is 0 Å². The molecular weight excluding hydrogens is 268 g/mol. The normalized spacial score (nSPS) is 12.8. The second kappa shape index (κ2) is 6.90. The molecule has 0 aliphatic carbocycles. The molecule has 0 fully saturated rings. The first-order chi connectivity index (χ1) is 8.16. The Morgan fingerprint density at radius 3 is 1.72 bits per heavy atom. The van der Waals surface area contributed by atoms with Crippen molar-refractivity contribution in [1.82, 2.24) is 0 Å². The van der Waals surface area contributed by atoms with Crippen LogP contribution < -0.4 is 0 Å². The van der Waals surface area contributed by atoms with Gasteiger partial charge in [-0.1, -0.05) is 26.5 Å². The van der Waals surface area contributed by atoms with E-state index in [1.54, 1.807) is 0 Å². The Morgan fingerprint density at radius 2 is 1.39 bits per heavy atom. The van der Waals surface area contributed by atoms with Crippen LogP contribution in [0.5, 0.6) is 0 Å². The summed E-state index contributed by atoms with van der Waals surface area (Å²) in [6, 6.07) is 3.79. The molecule has 0 aromatic carbocycles. The van der Waals surface area contributed by atoms with Crippen LogP contribution in [0, 0.1) is 11.1 Å². The van der Waals surface area contributed by atoms with E-state index in [9.17, 15) is 0 Å². The van der Waals surface area contributed by atoms with E-state index in [4.69, 9.17) is 4.12 Å². The van der Waals surface area contributed by atoms with E-state index in [0.717, 1.165) is 0 Å². The third-order valence-electron chi connectivity index (χ3n) is 3.67. The van der Waals surface area contributed by atoms with Crippen LogP contribution in [0.15, 0.2) is 12.3 Å². The second-order valence-corrected chi connectivity index (χ2v) is 18.6. The lowest BCUT2D eigenvalue weighted by Crippen LogP contribution is -2.43. The quantitative estimate of drug-likeness (QED) is 0.509. The zero-order valence-corrected chi connectivity index (χ0v) is 16.3. The zero-order chi connectivity index (χ0) is 14.4. The molecule has 4 heteroatoms.